The topological polar surface area (TPSA) is 138 Å². The molecule has 0 unspecified atom stereocenters. The van der Waals surface area contributed by atoms with E-state index in [2.05, 4.69) is 5.32 Å². The fourth-order valence-corrected chi connectivity index (χ4v) is 4.19. The van der Waals surface area contributed by atoms with Crippen LogP contribution in [0.15, 0.2) is 54.6 Å². The number of rotatable bonds is 7. The van der Waals surface area contributed by atoms with E-state index in [9.17, 15) is 24.9 Å². The highest BCUT2D eigenvalue weighted by molar-refractivity contribution is 5.70. The molecule has 0 saturated heterocycles. The van der Waals surface area contributed by atoms with Gasteiger partial charge in [0.2, 0.25) is 0 Å². The second-order valence-corrected chi connectivity index (χ2v) is 10.0. The van der Waals surface area contributed by atoms with Gasteiger partial charge < -0.3 is 34.8 Å². The number of alkyl carbamates (subject to hydrolysis) is 1. The summed E-state index contributed by atoms with van der Waals surface area (Å²) in [5.41, 5.74) is 0.695. The van der Waals surface area contributed by atoms with Crippen molar-refractivity contribution < 1.29 is 39.1 Å². The fourth-order valence-electron chi connectivity index (χ4n) is 4.19. The minimum atomic E-state index is -1.57. The Kier molecular flexibility index (Phi) is 9.36. The Morgan fingerprint density at radius 3 is 2.22 bits per heavy atom. The molecule has 10 heteroatoms. The third-order valence-corrected chi connectivity index (χ3v) is 6.04. The third-order valence-electron chi connectivity index (χ3n) is 6.04. The van der Waals surface area contributed by atoms with E-state index in [4.69, 9.17) is 14.2 Å². The zero-order valence-electron chi connectivity index (χ0n) is 21.5. The van der Waals surface area contributed by atoms with Gasteiger partial charge in [0, 0.05) is 6.54 Å². The quantitative estimate of drug-likeness (QED) is 0.441. The average molecular weight is 517 g/mol. The van der Waals surface area contributed by atoms with Crippen LogP contribution in [0.4, 0.5) is 9.59 Å². The lowest BCUT2D eigenvalue weighted by atomic mass is 9.82. The number of aliphatic hydroxyl groups is 3. The molecule has 0 aliphatic heterocycles. The Balaban J connectivity index is 1.90. The lowest BCUT2D eigenvalue weighted by molar-refractivity contribution is -0.121. The molecule has 3 rings (SSSR count). The van der Waals surface area contributed by atoms with Gasteiger partial charge in [0.1, 0.15) is 30.2 Å². The van der Waals surface area contributed by atoms with Crippen LogP contribution in [0, 0.1) is 0 Å². The number of hydrogen-bond donors (Lipinski definition) is 4. The van der Waals surface area contributed by atoms with E-state index in [0.29, 0.717) is 5.75 Å². The van der Waals surface area contributed by atoms with Crippen molar-refractivity contribution in [2.75, 3.05) is 7.11 Å². The summed E-state index contributed by atoms with van der Waals surface area (Å²) in [6, 6.07) is 14.1. The summed E-state index contributed by atoms with van der Waals surface area (Å²) < 4.78 is 16.1. The van der Waals surface area contributed by atoms with Crippen molar-refractivity contribution in [1.29, 1.82) is 0 Å². The van der Waals surface area contributed by atoms with Crippen molar-refractivity contribution in [2.45, 2.75) is 76.3 Å². The van der Waals surface area contributed by atoms with Gasteiger partial charge in [0.15, 0.2) is 0 Å². The first kappa shape index (κ1) is 28.2. The summed E-state index contributed by atoms with van der Waals surface area (Å²) in [6.07, 6.45) is -6.09. The molecule has 10 nitrogen and oxygen atoms in total. The number of hydrogen-bond acceptors (Lipinski definition) is 8. The number of carbonyl (C=O) groups is 2. The molecule has 0 aromatic heterocycles. The van der Waals surface area contributed by atoms with Gasteiger partial charge in [-0.1, -0.05) is 42.5 Å². The zero-order chi connectivity index (χ0) is 27.2. The van der Waals surface area contributed by atoms with Crippen LogP contribution in [0.2, 0.25) is 0 Å². The van der Waals surface area contributed by atoms with Crippen molar-refractivity contribution in [3.8, 4) is 5.75 Å². The predicted molar refractivity (Wildman–Crippen MR) is 135 cm³/mol. The van der Waals surface area contributed by atoms with E-state index in [1.54, 1.807) is 52.1 Å². The summed E-state index contributed by atoms with van der Waals surface area (Å²) >= 11 is 0. The molecule has 2 aromatic carbocycles. The summed E-state index contributed by atoms with van der Waals surface area (Å²) in [5, 5.41) is 34.3. The SMILES string of the molecule is COc1ccc(CN(C(=O)OCc2ccccc2)[C@H]2C[C@H](O)[C@H](O)[C@@H](O)[C@@H]2NC(=O)OC(C)(C)C)cc1. The van der Waals surface area contributed by atoms with Gasteiger partial charge in [-0.15, -0.1) is 0 Å². The first-order valence-electron chi connectivity index (χ1n) is 12.1. The minimum Gasteiger partial charge on any atom is -0.497 e. The molecule has 4 N–H and O–H groups in total. The smallest absolute Gasteiger partial charge is 0.410 e. The number of methoxy groups -OCH3 is 1. The van der Waals surface area contributed by atoms with Crippen LogP contribution in [0.3, 0.4) is 0 Å². The molecule has 1 saturated carbocycles. The van der Waals surface area contributed by atoms with Crippen molar-refractivity contribution in [1.82, 2.24) is 10.2 Å². The predicted octanol–water partition coefficient (Wildman–Crippen LogP) is 2.58. The number of nitrogens with zero attached hydrogens (tertiary/aromatic N) is 1. The molecule has 37 heavy (non-hydrogen) atoms. The van der Waals surface area contributed by atoms with Crippen LogP contribution < -0.4 is 10.1 Å². The lowest BCUT2D eigenvalue weighted by Crippen LogP contribution is -2.67. The Bertz CT molecular complexity index is 1020. The normalized spacial score (nSPS) is 23.6. The summed E-state index contributed by atoms with van der Waals surface area (Å²) in [7, 11) is 1.55. The zero-order valence-corrected chi connectivity index (χ0v) is 21.5. The molecule has 1 aliphatic rings. The molecular weight excluding hydrogens is 480 g/mol. The maximum absolute atomic E-state index is 13.4. The maximum Gasteiger partial charge on any atom is 0.410 e. The minimum absolute atomic E-state index is 0.00337. The van der Waals surface area contributed by atoms with Gasteiger partial charge in [0.25, 0.3) is 0 Å². The molecule has 2 amide bonds. The van der Waals surface area contributed by atoms with Crippen molar-refractivity contribution in [3.63, 3.8) is 0 Å². The average Bonchev–Trinajstić information content (AvgIpc) is 2.86. The highest BCUT2D eigenvalue weighted by Crippen LogP contribution is 2.28. The molecule has 1 fully saturated rings. The molecular formula is C27H36N2O8. The Morgan fingerprint density at radius 2 is 1.62 bits per heavy atom. The van der Waals surface area contributed by atoms with Crippen LogP contribution >= 0.6 is 0 Å². The lowest BCUT2D eigenvalue weighted by Gasteiger charge is -2.45. The monoisotopic (exact) mass is 516 g/mol. The Labute approximate surface area is 216 Å². The molecule has 5 atom stereocenters. The standard InChI is InChI=1S/C27H36N2O8/c1-27(2,3)37-25(33)28-22-20(14-21(30)23(31)24(22)32)29(15-17-10-12-19(35-4)13-11-17)26(34)36-16-18-8-6-5-7-9-18/h5-13,20-24,30-32H,14-16H2,1-4H3,(H,28,33)/t20-,21-,22+,23-,24-/m0/s1. The molecule has 0 radical (unpaired) electrons. The van der Waals surface area contributed by atoms with Crippen molar-refractivity contribution in [2.24, 2.45) is 0 Å². The largest absolute Gasteiger partial charge is 0.497 e. The maximum atomic E-state index is 13.4. The number of ether oxygens (including phenoxy) is 3. The second-order valence-electron chi connectivity index (χ2n) is 10.0. The summed E-state index contributed by atoms with van der Waals surface area (Å²) in [5.74, 6) is 0.637. The summed E-state index contributed by atoms with van der Waals surface area (Å²) in [4.78, 5) is 27.3. The Morgan fingerprint density at radius 1 is 0.973 bits per heavy atom. The fraction of sp³-hybridized carbons (Fsp3) is 0.481. The van der Waals surface area contributed by atoms with E-state index in [1.165, 1.54) is 4.90 Å². The van der Waals surface area contributed by atoms with Crippen LogP contribution in [-0.4, -0.2) is 75.5 Å². The van der Waals surface area contributed by atoms with Gasteiger partial charge in [-0.05, 0) is 50.5 Å². The molecule has 0 bridgehead atoms. The van der Waals surface area contributed by atoms with E-state index >= 15 is 0 Å². The van der Waals surface area contributed by atoms with Crippen LogP contribution in [-0.2, 0) is 22.6 Å². The van der Waals surface area contributed by atoms with Crippen LogP contribution in [0.5, 0.6) is 5.75 Å². The highest BCUT2D eigenvalue weighted by Gasteiger charge is 2.47. The van der Waals surface area contributed by atoms with Gasteiger partial charge in [-0.25, -0.2) is 9.59 Å². The second kappa shape index (κ2) is 12.3. The van der Waals surface area contributed by atoms with Crippen molar-refractivity contribution >= 4 is 12.2 Å². The number of nitrogens with one attached hydrogen (secondary N) is 1. The number of amides is 2. The molecule has 0 spiro atoms. The molecule has 0 heterocycles. The van der Waals surface area contributed by atoms with Crippen LogP contribution in [0.25, 0.3) is 0 Å². The van der Waals surface area contributed by atoms with Crippen molar-refractivity contribution in [3.05, 3.63) is 65.7 Å². The van der Waals surface area contributed by atoms with Crippen LogP contribution in [0.1, 0.15) is 38.3 Å². The molecule has 2 aromatic rings. The van der Waals surface area contributed by atoms with E-state index in [1.807, 2.05) is 30.3 Å². The van der Waals surface area contributed by atoms with E-state index < -0.39 is 48.2 Å². The highest BCUT2D eigenvalue weighted by atomic mass is 16.6. The number of aliphatic hydroxyl groups excluding tert-OH is 3. The molecule has 1 aliphatic carbocycles. The summed E-state index contributed by atoms with van der Waals surface area (Å²) in [6.45, 7) is 5.12. The Hall–Kier alpha value is -3.34. The third kappa shape index (κ3) is 7.82. The van der Waals surface area contributed by atoms with Gasteiger partial charge in [-0.3, -0.25) is 4.90 Å². The van der Waals surface area contributed by atoms with Gasteiger partial charge in [-0.2, -0.15) is 0 Å². The number of benzene rings is 2. The van der Waals surface area contributed by atoms with E-state index in [-0.39, 0.29) is 19.6 Å². The van der Waals surface area contributed by atoms with Gasteiger partial charge in [0.05, 0.1) is 25.3 Å². The molecule has 202 valence electrons. The first-order valence-corrected chi connectivity index (χ1v) is 12.1. The number of carbonyl (C=O) groups excluding carboxylic acids is 2. The van der Waals surface area contributed by atoms with E-state index in [0.717, 1.165) is 11.1 Å². The van der Waals surface area contributed by atoms with Gasteiger partial charge >= 0.3 is 12.2 Å². The first-order chi connectivity index (χ1) is 17.5.